The summed E-state index contributed by atoms with van der Waals surface area (Å²) in [6, 6.07) is 0. The molecule has 2 heterocycles. The molecule has 2 saturated heterocycles. The third-order valence-electron chi connectivity index (χ3n) is 3.28. The molecule has 19 heavy (non-hydrogen) atoms. The van der Waals surface area contributed by atoms with E-state index >= 15 is 0 Å². The number of carbonyl (C=O) groups excluding carboxylic acids is 2. The van der Waals surface area contributed by atoms with Crippen molar-refractivity contribution in [1.82, 2.24) is 9.80 Å². The first kappa shape index (κ1) is 14.1. The molecule has 5 heteroatoms. The molecule has 0 radical (unpaired) electrons. The highest BCUT2D eigenvalue weighted by Crippen LogP contribution is 2.20. The maximum absolute atomic E-state index is 12.1. The molecule has 0 spiro atoms. The van der Waals surface area contributed by atoms with Crippen molar-refractivity contribution in [3.05, 3.63) is 11.6 Å². The smallest absolute Gasteiger partial charge is 0.417 e. The lowest BCUT2D eigenvalue weighted by Crippen LogP contribution is -2.38. The predicted octanol–water partition coefficient (Wildman–Crippen LogP) is 1.79. The van der Waals surface area contributed by atoms with Crippen LogP contribution in [0.4, 0.5) is 4.79 Å². The van der Waals surface area contributed by atoms with Crippen LogP contribution in [0.5, 0.6) is 0 Å². The van der Waals surface area contributed by atoms with Crippen LogP contribution in [0.25, 0.3) is 0 Å². The van der Waals surface area contributed by atoms with E-state index < -0.39 is 11.7 Å². The number of rotatable bonds is 2. The Morgan fingerprint density at radius 1 is 1.32 bits per heavy atom. The third kappa shape index (κ3) is 3.56. The summed E-state index contributed by atoms with van der Waals surface area (Å²) in [4.78, 5) is 27.4. The van der Waals surface area contributed by atoms with Gasteiger partial charge >= 0.3 is 6.09 Å². The van der Waals surface area contributed by atoms with E-state index in [9.17, 15) is 9.59 Å². The SMILES string of the molecule is CC(C)(C)OC(=O)N1CC/C(=C\CN2CCC2)C1=O. The highest BCUT2D eigenvalue weighted by Gasteiger charge is 2.34. The zero-order valence-electron chi connectivity index (χ0n) is 11.9. The van der Waals surface area contributed by atoms with Gasteiger partial charge in [0, 0.05) is 18.7 Å². The maximum Gasteiger partial charge on any atom is 0.417 e. The zero-order chi connectivity index (χ0) is 14.0. The van der Waals surface area contributed by atoms with Gasteiger partial charge in [-0.2, -0.15) is 0 Å². The minimum absolute atomic E-state index is 0.199. The van der Waals surface area contributed by atoms with Gasteiger partial charge < -0.3 is 4.74 Å². The summed E-state index contributed by atoms with van der Waals surface area (Å²) in [5.41, 5.74) is 0.166. The lowest BCUT2D eigenvalue weighted by molar-refractivity contribution is -0.124. The standard InChI is InChI=1S/C14H22N2O3/c1-14(2,3)19-13(18)16-10-6-11(12(16)17)5-9-15-7-4-8-15/h5H,4,6-10H2,1-3H3/b11-5+. The second-order valence-electron chi connectivity index (χ2n) is 6.07. The van der Waals surface area contributed by atoms with E-state index in [1.54, 1.807) is 20.8 Å². The van der Waals surface area contributed by atoms with Crippen molar-refractivity contribution in [3.63, 3.8) is 0 Å². The number of hydrogen-bond donors (Lipinski definition) is 0. The molecular formula is C14H22N2O3. The van der Waals surface area contributed by atoms with Crippen molar-refractivity contribution in [2.45, 2.75) is 39.2 Å². The monoisotopic (exact) mass is 266 g/mol. The quantitative estimate of drug-likeness (QED) is 0.715. The summed E-state index contributed by atoms with van der Waals surface area (Å²) < 4.78 is 5.23. The minimum atomic E-state index is -0.568. The van der Waals surface area contributed by atoms with Gasteiger partial charge in [0.25, 0.3) is 5.91 Å². The Balaban J connectivity index is 1.91. The lowest BCUT2D eigenvalue weighted by atomic mass is 10.2. The molecule has 0 atom stereocenters. The number of nitrogens with zero attached hydrogens (tertiary/aromatic N) is 2. The van der Waals surface area contributed by atoms with E-state index in [-0.39, 0.29) is 5.91 Å². The molecule has 0 aliphatic carbocycles. The summed E-state index contributed by atoms with van der Waals surface area (Å²) in [6.45, 7) is 8.84. The molecule has 5 nitrogen and oxygen atoms in total. The number of hydrogen-bond acceptors (Lipinski definition) is 4. The van der Waals surface area contributed by atoms with Crippen LogP contribution in [-0.4, -0.2) is 53.6 Å². The van der Waals surface area contributed by atoms with Gasteiger partial charge in [0.15, 0.2) is 0 Å². The van der Waals surface area contributed by atoms with Crippen LogP contribution in [0, 0.1) is 0 Å². The van der Waals surface area contributed by atoms with Crippen molar-refractivity contribution in [2.75, 3.05) is 26.2 Å². The van der Waals surface area contributed by atoms with Gasteiger partial charge in [-0.05, 0) is 46.7 Å². The molecule has 0 unspecified atom stereocenters. The van der Waals surface area contributed by atoms with Crippen LogP contribution in [0.2, 0.25) is 0 Å². The molecule has 0 saturated carbocycles. The number of carbonyl (C=O) groups is 2. The molecule has 0 aromatic rings. The Morgan fingerprint density at radius 2 is 2.00 bits per heavy atom. The lowest BCUT2D eigenvalue weighted by Gasteiger charge is -2.29. The van der Waals surface area contributed by atoms with Crippen LogP contribution < -0.4 is 0 Å². The number of likely N-dealkylation sites (tertiary alicyclic amines) is 2. The summed E-state index contributed by atoms with van der Waals surface area (Å²) in [5, 5.41) is 0. The first-order chi connectivity index (χ1) is 8.87. The molecule has 0 bridgehead atoms. The molecule has 2 aliphatic rings. The highest BCUT2D eigenvalue weighted by atomic mass is 16.6. The topological polar surface area (TPSA) is 49.9 Å². The van der Waals surface area contributed by atoms with Crippen LogP contribution in [0.1, 0.15) is 33.6 Å². The molecule has 0 N–H and O–H groups in total. The molecule has 106 valence electrons. The zero-order valence-corrected chi connectivity index (χ0v) is 11.9. The third-order valence-corrected chi connectivity index (χ3v) is 3.28. The summed E-state index contributed by atoms with van der Waals surface area (Å²) >= 11 is 0. The molecular weight excluding hydrogens is 244 g/mol. The minimum Gasteiger partial charge on any atom is -0.443 e. The van der Waals surface area contributed by atoms with Crippen molar-refractivity contribution in [3.8, 4) is 0 Å². The van der Waals surface area contributed by atoms with Gasteiger partial charge in [-0.3, -0.25) is 9.69 Å². The Morgan fingerprint density at radius 3 is 2.53 bits per heavy atom. The van der Waals surface area contributed by atoms with Crippen LogP contribution >= 0.6 is 0 Å². The second-order valence-corrected chi connectivity index (χ2v) is 6.07. The highest BCUT2D eigenvalue weighted by molar-refractivity contribution is 6.04. The predicted molar refractivity (Wildman–Crippen MR) is 71.7 cm³/mol. The van der Waals surface area contributed by atoms with Crippen molar-refractivity contribution in [1.29, 1.82) is 0 Å². The maximum atomic E-state index is 12.1. The number of ether oxygens (including phenoxy) is 1. The van der Waals surface area contributed by atoms with E-state index in [0.717, 1.165) is 25.2 Å². The Hall–Kier alpha value is -1.36. The van der Waals surface area contributed by atoms with Crippen LogP contribution in [-0.2, 0) is 9.53 Å². The van der Waals surface area contributed by atoms with Gasteiger partial charge in [0.05, 0.1) is 0 Å². The Labute approximate surface area is 114 Å². The van der Waals surface area contributed by atoms with Gasteiger partial charge in [-0.1, -0.05) is 6.08 Å². The fraction of sp³-hybridized carbons (Fsp3) is 0.714. The van der Waals surface area contributed by atoms with Gasteiger partial charge in [0.1, 0.15) is 5.60 Å². The molecule has 2 aliphatic heterocycles. The van der Waals surface area contributed by atoms with Crippen LogP contribution in [0.3, 0.4) is 0 Å². The number of imide groups is 1. The first-order valence-corrected chi connectivity index (χ1v) is 6.83. The molecule has 2 amide bonds. The Bertz CT molecular complexity index is 405. The normalized spacial score (nSPS) is 22.8. The van der Waals surface area contributed by atoms with Crippen molar-refractivity contribution >= 4 is 12.0 Å². The molecule has 0 aromatic heterocycles. The summed E-state index contributed by atoms with van der Waals surface area (Å²) in [6.07, 6.45) is 3.28. The second kappa shape index (κ2) is 5.33. The summed E-state index contributed by atoms with van der Waals surface area (Å²) in [7, 11) is 0. The van der Waals surface area contributed by atoms with Crippen LogP contribution in [0.15, 0.2) is 11.6 Å². The Kier molecular flexibility index (Phi) is 3.94. The van der Waals surface area contributed by atoms with Gasteiger partial charge in [-0.25, -0.2) is 9.69 Å². The van der Waals surface area contributed by atoms with Gasteiger partial charge in [0.2, 0.25) is 0 Å². The van der Waals surface area contributed by atoms with Crippen molar-refractivity contribution in [2.24, 2.45) is 0 Å². The van der Waals surface area contributed by atoms with E-state index in [2.05, 4.69) is 4.90 Å². The van der Waals surface area contributed by atoms with E-state index in [0.29, 0.717) is 13.0 Å². The largest absolute Gasteiger partial charge is 0.443 e. The van der Waals surface area contributed by atoms with E-state index in [1.165, 1.54) is 11.3 Å². The molecule has 2 rings (SSSR count). The molecule has 0 aromatic carbocycles. The average Bonchev–Trinajstić information content (AvgIpc) is 2.55. The van der Waals surface area contributed by atoms with E-state index in [4.69, 9.17) is 4.74 Å². The van der Waals surface area contributed by atoms with Crippen molar-refractivity contribution < 1.29 is 14.3 Å². The summed E-state index contributed by atoms with van der Waals surface area (Å²) in [5.74, 6) is -0.199. The van der Waals surface area contributed by atoms with Gasteiger partial charge in [-0.15, -0.1) is 0 Å². The first-order valence-electron chi connectivity index (χ1n) is 6.83. The molecule has 2 fully saturated rings. The number of amides is 2. The average molecular weight is 266 g/mol. The fourth-order valence-electron chi connectivity index (χ4n) is 2.10. The van der Waals surface area contributed by atoms with E-state index in [1.807, 2.05) is 6.08 Å². The fourth-order valence-corrected chi connectivity index (χ4v) is 2.10.